The number of rotatable bonds is 4. The molecule has 0 saturated carbocycles. The molecule has 1 fully saturated rings. The van der Waals surface area contributed by atoms with E-state index >= 15 is 0 Å². The highest BCUT2D eigenvalue weighted by molar-refractivity contribution is 6.31. The fraction of sp³-hybridized carbons (Fsp3) is 0.588. The molecule has 2 atom stereocenters. The molecular formula is C17H25ClN2O. The van der Waals surface area contributed by atoms with Gasteiger partial charge in [-0.25, -0.2) is 0 Å². The number of amides is 1. The van der Waals surface area contributed by atoms with Gasteiger partial charge in [0.15, 0.2) is 0 Å². The molecule has 0 aliphatic carbocycles. The van der Waals surface area contributed by atoms with Crippen LogP contribution in [0.5, 0.6) is 0 Å². The van der Waals surface area contributed by atoms with Gasteiger partial charge < -0.3 is 4.90 Å². The number of carbonyl (C=O) groups is 1. The Labute approximate surface area is 132 Å². The monoisotopic (exact) mass is 308 g/mol. The van der Waals surface area contributed by atoms with Gasteiger partial charge >= 0.3 is 0 Å². The second-order valence-corrected chi connectivity index (χ2v) is 6.28. The van der Waals surface area contributed by atoms with Crippen LogP contribution in [0, 0.1) is 5.92 Å². The standard InChI is InChI=1S/C17H25ClN2O/c1-4-13(2)17(21)20-11-9-19(10-12-20)14(3)15-7-5-6-8-16(15)18/h5-8,13-14H,4,9-12H2,1-3H3. The fourth-order valence-corrected chi connectivity index (χ4v) is 3.12. The zero-order chi connectivity index (χ0) is 15.4. The highest BCUT2D eigenvalue weighted by Crippen LogP contribution is 2.27. The lowest BCUT2D eigenvalue weighted by Gasteiger charge is -2.39. The molecule has 0 N–H and O–H groups in total. The van der Waals surface area contributed by atoms with Gasteiger partial charge in [-0.1, -0.05) is 43.6 Å². The molecule has 0 radical (unpaired) electrons. The van der Waals surface area contributed by atoms with E-state index in [0.717, 1.165) is 37.6 Å². The molecule has 1 heterocycles. The van der Waals surface area contributed by atoms with E-state index in [9.17, 15) is 4.79 Å². The third kappa shape index (κ3) is 3.78. The Morgan fingerprint density at radius 2 is 1.81 bits per heavy atom. The van der Waals surface area contributed by atoms with Crippen LogP contribution in [0.25, 0.3) is 0 Å². The molecule has 1 aromatic carbocycles. The van der Waals surface area contributed by atoms with Crippen molar-refractivity contribution in [2.45, 2.75) is 33.2 Å². The molecule has 0 spiro atoms. The summed E-state index contributed by atoms with van der Waals surface area (Å²) >= 11 is 6.29. The van der Waals surface area contributed by atoms with E-state index in [1.807, 2.05) is 30.0 Å². The van der Waals surface area contributed by atoms with Crippen LogP contribution in [-0.4, -0.2) is 41.9 Å². The lowest BCUT2D eigenvalue weighted by atomic mass is 10.0. The van der Waals surface area contributed by atoms with Crippen LogP contribution in [-0.2, 0) is 4.79 Å². The summed E-state index contributed by atoms with van der Waals surface area (Å²) < 4.78 is 0. The number of carbonyl (C=O) groups excluding carboxylic acids is 1. The van der Waals surface area contributed by atoms with E-state index in [1.165, 1.54) is 5.56 Å². The number of halogens is 1. The minimum absolute atomic E-state index is 0.137. The minimum Gasteiger partial charge on any atom is -0.340 e. The molecular weight excluding hydrogens is 284 g/mol. The normalized spacial score (nSPS) is 19.3. The van der Waals surface area contributed by atoms with Gasteiger partial charge in [-0.15, -0.1) is 0 Å². The van der Waals surface area contributed by atoms with Crippen molar-refractivity contribution in [1.82, 2.24) is 9.80 Å². The van der Waals surface area contributed by atoms with Crippen molar-refractivity contribution in [2.75, 3.05) is 26.2 Å². The molecule has 3 nitrogen and oxygen atoms in total. The maximum atomic E-state index is 12.2. The maximum absolute atomic E-state index is 12.2. The highest BCUT2D eigenvalue weighted by Gasteiger charge is 2.27. The van der Waals surface area contributed by atoms with E-state index in [-0.39, 0.29) is 5.92 Å². The topological polar surface area (TPSA) is 23.6 Å². The zero-order valence-corrected chi connectivity index (χ0v) is 13.9. The minimum atomic E-state index is 0.137. The zero-order valence-electron chi connectivity index (χ0n) is 13.2. The van der Waals surface area contributed by atoms with E-state index in [1.54, 1.807) is 0 Å². The van der Waals surface area contributed by atoms with Crippen molar-refractivity contribution < 1.29 is 4.79 Å². The molecule has 0 aromatic heterocycles. The van der Waals surface area contributed by atoms with Crippen molar-refractivity contribution in [2.24, 2.45) is 5.92 Å². The lowest BCUT2D eigenvalue weighted by molar-refractivity contribution is -0.137. The van der Waals surface area contributed by atoms with Crippen LogP contribution in [0.4, 0.5) is 0 Å². The van der Waals surface area contributed by atoms with Gasteiger partial charge in [-0.3, -0.25) is 9.69 Å². The summed E-state index contributed by atoms with van der Waals surface area (Å²) in [7, 11) is 0. The third-order valence-corrected chi connectivity index (χ3v) is 4.91. The molecule has 21 heavy (non-hydrogen) atoms. The summed E-state index contributed by atoms with van der Waals surface area (Å²) in [6.45, 7) is 9.73. The second-order valence-electron chi connectivity index (χ2n) is 5.87. The number of benzene rings is 1. The van der Waals surface area contributed by atoms with Crippen molar-refractivity contribution in [3.8, 4) is 0 Å². The average molecular weight is 309 g/mol. The van der Waals surface area contributed by atoms with Crippen LogP contribution >= 0.6 is 11.6 Å². The van der Waals surface area contributed by atoms with Crippen LogP contribution in [0.15, 0.2) is 24.3 Å². The molecule has 0 bridgehead atoms. The predicted octanol–water partition coefficient (Wildman–Crippen LogP) is 3.59. The van der Waals surface area contributed by atoms with Crippen molar-refractivity contribution in [3.63, 3.8) is 0 Å². The summed E-state index contributed by atoms with van der Waals surface area (Å²) in [5.41, 5.74) is 1.17. The van der Waals surface area contributed by atoms with Gasteiger partial charge in [0.2, 0.25) is 5.91 Å². The maximum Gasteiger partial charge on any atom is 0.225 e. The van der Waals surface area contributed by atoms with E-state index in [4.69, 9.17) is 11.6 Å². The summed E-state index contributed by atoms with van der Waals surface area (Å²) in [5.74, 6) is 0.431. The Hall–Kier alpha value is -1.06. The Morgan fingerprint density at radius 3 is 2.38 bits per heavy atom. The molecule has 1 amide bonds. The number of hydrogen-bond acceptors (Lipinski definition) is 2. The van der Waals surface area contributed by atoms with Crippen LogP contribution < -0.4 is 0 Å². The molecule has 1 aromatic rings. The number of piperazine rings is 1. The first-order valence-corrected chi connectivity index (χ1v) is 8.19. The summed E-state index contributed by atoms with van der Waals surface area (Å²) in [4.78, 5) is 16.6. The number of hydrogen-bond donors (Lipinski definition) is 0. The van der Waals surface area contributed by atoms with Crippen molar-refractivity contribution >= 4 is 17.5 Å². The summed E-state index contributed by atoms with van der Waals surface area (Å²) in [5, 5.41) is 0.822. The van der Waals surface area contributed by atoms with Crippen molar-refractivity contribution in [1.29, 1.82) is 0 Å². The molecule has 2 unspecified atom stereocenters. The van der Waals surface area contributed by atoms with Gasteiger partial charge in [-0.05, 0) is 25.0 Å². The molecule has 1 aliphatic rings. The fourth-order valence-electron chi connectivity index (χ4n) is 2.83. The molecule has 116 valence electrons. The quantitative estimate of drug-likeness (QED) is 0.848. The molecule has 1 saturated heterocycles. The molecule has 2 rings (SSSR count). The first-order valence-electron chi connectivity index (χ1n) is 7.81. The summed E-state index contributed by atoms with van der Waals surface area (Å²) in [6.07, 6.45) is 0.912. The largest absolute Gasteiger partial charge is 0.340 e. The highest BCUT2D eigenvalue weighted by atomic mass is 35.5. The predicted molar refractivity (Wildman–Crippen MR) is 87.5 cm³/mol. The third-order valence-electron chi connectivity index (χ3n) is 4.56. The van der Waals surface area contributed by atoms with Gasteiger partial charge in [0.1, 0.15) is 0 Å². The van der Waals surface area contributed by atoms with Gasteiger partial charge in [0.05, 0.1) is 0 Å². The smallest absolute Gasteiger partial charge is 0.225 e. The van der Waals surface area contributed by atoms with E-state index < -0.39 is 0 Å². The Morgan fingerprint density at radius 1 is 1.19 bits per heavy atom. The van der Waals surface area contributed by atoms with Gasteiger partial charge in [0.25, 0.3) is 0 Å². The summed E-state index contributed by atoms with van der Waals surface area (Å²) in [6, 6.07) is 8.31. The molecule has 1 aliphatic heterocycles. The Balaban J connectivity index is 1.95. The van der Waals surface area contributed by atoms with Gasteiger partial charge in [0, 0.05) is 43.2 Å². The molecule has 4 heteroatoms. The Kier molecular flexibility index (Phi) is 5.65. The van der Waals surface area contributed by atoms with Crippen LogP contribution in [0.1, 0.15) is 38.8 Å². The van der Waals surface area contributed by atoms with Crippen LogP contribution in [0.3, 0.4) is 0 Å². The lowest BCUT2D eigenvalue weighted by Crippen LogP contribution is -2.50. The second kappa shape index (κ2) is 7.28. The average Bonchev–Trinajstić information content (AvgIpc) is 2.53. The van der Waals surface area contributed by atoms with Gasteiger partial charge in [-0.2, -0.15) is 0 Å². The first kappa shape index (κ1) is 16.3. The van der Waals surface area contributed by atoms with E-state index in [0.29, 0.717) is 11.9 Å². The SMILES string of the molecule is CCC(C)C(=O)N1CCN(C(C)c2ccccc2Cl)CC1. The van der Waals surface area contributed by atoms with Crippen molar-refractivity contribution in [3.05, 3.63) is 34.9 Å². The first-order chi connectivity index (χ1) is 10.0. The Bertz CT molecular complexity index is 483. The van der Waals surface area contributed by atoms with Crippen LogP contribution in [0.2, 0.25) is 5.02 Å². The van der Waals surface area contributed by atoms with E-state index in [2.05, 4.69) is 24.8 Å². The number of nitrogens with zero attached hydrogens (tertiary/aromatic N) is 2.